The third-order valence-electron chi connectivity index (χ3n) is 6.14. The van der Waals surface area contributed by atoms with E-state index in [0.29, 0.717) is 22.6 Å². The molecule has 2 aromatic heterocycles. The van der Waals surface area contributed by atoms with Gasteiger partial charge in [-0.2, -0.15) is 0 Å². The zero-order valence-electron chi connectivity index (χ0n) is 19.4. The summed E-state index contributed by atoms with van der Waals surface area (Å²) in [6.45, 7) is 16.9. The van der Waals surface area contributed by atoms with E-state index in [2.05, 4.69) is 21.9 Å². The molecule has 0 saturated carbocycles. The summed E-state index contributed by atoms with van der Waals surface area (Å²) in [7, 11) is -2.95. The Morgan fingerprint density at radius 3 is 2.61 bits per heavy atom. The molecule has 1 fully saturated rings. The molecule has 1 aliphatic heterocycles. The van der Waals surface area contributed by atoms with Gasteiger partial charge in [-0.05, 0) is 17.7 Å². The number of fused-ring (bicyclic) bond motifs is 1. The number of amides is 1. The molecule has 1 aliphatic rings. The largest absolute Gasteiger partial charge is 0.472 e. The fourth-order valence-electron chi connectivity index (χ4n) is 3.57. The maximum atomic E-state index is 16.4. The van der Waals surface area contributed by atoms with Crippen molar-refractivity contribution in [3.63, 3.8) is 0 Å². The Morgan fingerprint density at radius 1 is 1.39 bits per heavy atom. The molecule has 2 N–H and O–H groups in total. The summed E-state index contributed by atoms with van der Waals surface area (Å²) >= 11 is 0. The summed E-state index contributed by atoms with van der Waals surface area (Å²) in [5.74, 6) is 0.516. The van der Waals surface area contributed by atoms with E-state index in [4.69, 9.17) is 4.74 Å². The van der Waals surface area contributed by atoms with Crippen molar-refractivity contribution in [3.05, 3.63) is 30.9 Å². The number of carbonyl (C=O) groups excluding carboxylic acids is 1. The van der Waals surface area contributed by atoms with Gasteiger partial charge in [-0.15, -0.1) is 0 Å². The SMILES string of the molecule is C=C1CC(F)(C[Si](C)(O)C(C)(C)C)C(n2ccc3c(NC(=O)C(C)(C)C)ncnc32)O1. The van der Waals surface area contributed by atoms with Crippen LogP contribution in [0.2, 0.25) is 17.6 Å². The van der Waals surface area contributed by atoms with Gasteiger partial charge in [-0.3, -0.25) is 9.36 Å². The number of rotatable bonds is 4. The Balaban J connectivity index is 2.01. The molecule has 9 heteroatoms. The van der Waals surface area contributed by atoms with Crippen molar-refractivity contribution in [3.8, 4) is 0 Å². The fraction of sp³-hybridized carbons (Fsp3) is 0.591. The van der Waals surface area contributed by atoms with E-state index < -0.39 is 30.7 Å². The predicted octanol–water partition coefficient (Wildman–Crippen LogP) is 4.92. The van der Waals surface area contributed by atoms with Crippen molar-refractivity contribution < 1.29 is 18.7 Å². The second-order valence-electron chi connectivity index (χ2n) is 10.8. The Labute approximate surface area is 183 Å². The minimum Gasteiger partial charge on any atom is -0.472 e. The number of hydrogen-bond acceptors (Lipinski definition) is 5. The maximum absolute atomic E-state index is 16.4. The zero-order valence-corrected chi connectivity index (χ0v) is 20.4. The first kappa shape index (κ1) is 23.4. The molecule has 2 aromatic rings. The van der Waals surface area contributed by atoms with Gasteiger partial charge in [-0.25, -0.2) is 14.4 Å². The number of hydrogen-bond donors (Lipinski definition) is 2. The Hall–Kier alpha value is -2.26. The molecule has 1 amide bonds. The summed E-state index contributed by atoms with van der Waals surface area (Å²) < 4.78 is 23.8. The molecule has 7 nitrogen and oxygen atoms in total. The van der Waals surface area contributed by atoms with E-state index in [0.717, 1.165) is 0 Å². The second-order valence-corrected chi connectivity index (χ2v) is 15.2. The van der Waals surface area contributed by atoms with E-state index >= 15 is 4.39 Å². The van der Waals surface area contributed by atoms with Gasteiger partial charge in [0.1, 0.15) is 17.8 Å². The molecule has 0 bridgehead atoms. The van der Waals surface area contributed by atoms with Crippen LogP contribution in [0.1, 0.15) is 54.2 Å². The highest BCUT2D eigenvalue weighted by atomic mass is 28.4. The van der Waals surface area contributed by atoms with Crippen molar-refractivity contribution in [2.24, 2.45) is 5.41 Å². The minimum atomic E-state index is -2.95. The van der Waals surface area contributed by atoms with Crippen LogP contribution in [0.4, 0.5) is 10.2 Å². The minimum absolute atomic E-state index is 0.00552. The number of aromatic nitrogens is 3. The number of carbonyl (C=O) groups is 1. The normalized spacial score (nSPS) is 24.2. The van der Waals surface area contributed by atoms with Crippen LogP contribution < -0.4 is 5.32 Å². The Kier molecular flexibility index (Phi) is 5.59. The van der Waals surface area contributed by atoms with Gasteiger partial charge in [0.2, 0.25) is 12.1 Å². The van der Waals surface area contributed by atoms with Crippen molar-refractivity contribution in [1.82, 2.24) is 14.5 Å². The Bertz CT molecular complexity index is 1020. The zero-order chi connectivity index (χ0) is 23.4. The van der Waals surface area contributed by atoms with E-state index in [1.165, 1.54) is 6.33 Å². The highest BCUT2D eigenvalue weighted by Gasteiger charge is 2.55. The maximum Gasteiger partial charge on any atom is 0.230 e. The molecule has 0 spiro atoms. The summed E-state index contributed by atoms with van der Waals surface area (Å²) in [4.78, 5) is 32.1. The number of nitrogens with zero attached hydrogens (tertiary/aromatic N) is 3. The number of allylic oxidation sites excluding steroid dienone is 1. The van der Waals surface area contributed by atoms with Gasteiger partial charge >= 0.3 is 0 Å². The Morgan fingerprint density at radius 2 is 2.03 bits per heavy atom. The van der Waals surface area contributed by atoms with Gasteiger partial charge in [-0.1, -0.05) is 48.1 Å². The molecule has 3 atom stereocenters. The van der Waals surface area contributed by atoms with E-state index in [-0.39, 0.29) is 18.4 Å². The molecule has 0 aliphatic carbocycles. The van der Waals surface area contributed by atoms with Crippen molar-refractivity contribution in [2.75, 3.05) is 5.32 Å². The van der Waals surface area contributed by atoms with Gasteiger partial charge in [0.05, 0.1) is 11.1 Å². The van der Waals surface area contributed by atoms with Crippen LogP contribution in [0, 0.1) is 5.41 Å². The third-order valence-corrected chi connectivity index (χ3v) is 10.6. The second kappa shape index (κ2) is 7.41. The van der Waals surface area contributed by atoms with Crippen LogP contribution in [0.3, 0.4) is 0 Å². The first-order valence-corrected chi connectivity index (χ1v) is 13.1. The molecule has 0 aromatic carbocycles. The van der Waals surface area contributed by atoms with Crippen molar-refractivity contribution in [2.45, 2.75) is 77.5 Å². The topological polar surface area (TPSA) is 89.3 Å². The van der Waals surface area contributed by atoms with Crippen LogP contribution >= 0.6 is 0 Å². The first-order valence-electron chi connectivity index (χ1n) is 10.4. The number of halogens is 1. The van der Waals surface area contributed by atoms with Gasteiger partial charge in [0.15, 0.2) is 14.0 Å². The highest BCUT2D eigenvalue weighted by Crippen LogP contribution is 2.51. The van der Waals surface area contributed by atoms with Crippen LogP contribution in [0.15, 0.2) is 30.9 Å². The van der Waals surface area contributed by atoms with Crippen molar-refractivity contribution >= 4 is 31.1 Å². The summed E-state index contributed by atoms with van der Waals surface area (Å²) in [5, 5.41) is 3.02. The lowest BCUT2D eigenvalue weighted by Gasteiger charge is -2.39. The lowest BCUT2D eigenvalue weighted by Crippen LogP contribution is -2.48. The van der Waals surface area contributed by atoms with Crippen LogP contribution in [-0.4, -0.2) is 39.2 Å². The lowest BCUT2D eigenvalue weighted by atomic mass is 9.96. The lowest BCUT2D eigenvalue weighted by molar-refractivity contribution is -0.123. The van der Waals surface area contributed by atoms with Gasteiger partial charge in [0, 0.05) is 24.1 Å². The molecule has 3 rings (SSSR count). The first-order chi connectivity index (χ1) is 14.1. The molecular formula is C22H33FN4O3Si. The van der Waals surface area contributed by atoms with E-state index in [1.54, 1.807) is 23.4 Å². The molecule has 31 heavy (non-hydrogen) atoms. The predicted molar refractivity (Wildman–Crippen MR) is 122 cm³/mol. The third kappa shape index (κ3) is 4.38. The van der Waals surface area contributed by atoms with Crippen LogP contribution in [-0.2, 0) is 9.53 Å². The summed E-state index contributed by atoms with van der Waals surface area (Å²) in [6.07, 6.45) is 2.01. The summed E-state index contributed by atoms with van der Waals surface area (Å²) in [5.41, 5.74) is -1.98. The molecule has 0 radical (unpaired) electrons. The number of ether oxygens (including phenoxy) is 1. The number of anilines is 1. The quantitative estimate of drug-likeness (QED) is 0.648. The average molecular weight is 449 g/mol. The number of nitrogens with one attached hydrogen (secondary N) is 1. The molecule has 1 saturated heterocycles. The number of alkyl halides is 1. The standard InChI is InChI=1S/C22H33FN4O3Si/c1-14-11-22(23,12-31(8,29)21(5,6)7)19(30-14)27-10-9-15-16(24-13-25-17(15)27)26-18(28)20(2,3)4/h9-10,13,19,29H,1,11-12H2,2-8H3,(H,24,25,26,28). The smallest absolute Gasteiger partial charge is 0.230 e. The van der Waals surface area contributed by atoms with E-state index in [9.17, 15) is 9.59 Å². The van der Waals surface area contributed by atoms with E-state index in [1.807, 2.05) is 41.5 Å². The van der Waals surface area contributed by atoms with Gasteiger partial charge in [0.25, 0.3) is 0 Å². The van der Waals surface area contributed by atoms with Gasteiger partial charge < -0.3 is 14.8 Å². The molecule has 3 heterocycles. The molecule has 3 unspecified atom stereocenters. The molecular weight excluding hydrogens is 415 g/mol. The van der Waals surface area contributed by atoms with Crippen molar-refractivity contribution in [1.29, 1.82) is 0 Å². The van der Waals surface area contributed by atoms with Crippen LogP contribution in [0.25, 0.3) is 11.0 Å². The average Bonchev–Trinajstić information content (AvgIpc) is 3.13. The summed E-state index contributed by atoms with van der Waals surface area (Å²) in [6, 6.07) is 1.74. The van der Waals surface area contributed by atoms with Crippen LogP contribution in [0.5, 0.6) is 0 Å². The highest BCUT2D eigenvalue weighted by molar-refractivity contribution is 6.74. The monoisotopic (exact) mass is 448 g/mol. The fourth-order valence-corrected chi connectivity index (χ4v) is 5.54. The molecule has 170 valence electrons.